The fraction of sp³-hybridized carbons (Fsp3) is 0.562. The maximum Gasteiger partial charge on any atom is 0.308 e. The molecule has 1 aromatic rings. The van der Waals surface area contributed by atoms with Crippen LogP contribution < -0.4 is 5.32 Å². The van der Waals surface area contributed by atoms with E-state index in [0.717, 1.165) is 35.8 Å². The highest BCUT2D eigenvalue weighted by Gasteiger charge is 2.28. The topological polar surface area (TPSA) is 38.3 Å². The SMILES string of the molecule is CCOC(=O)C1CCCC(Nc2cccc(Br)c2C)C1. The van der Waals surface area contributed by atoms with Crippen LogP contribution in [0.1, 0.15) is 38.2 Å². The Kier molecular flexibility index (Phi) is 5.46. The zero-order valence-electron chi connectivity index (χ0n) is 12.1. The summed E-state index contributed by atoms with van der Waals surface area (Å²) in [4.78, 5) is 11.9. The van der Waals surface area contributed by atoms with Crippen molar-refractivity contribution in [3.8, 4) is 0 Å². The molecule has 1 fully saturated rings. The largest absolute Gasteiger partial charge is 0.466 e. The van der Waals surface area contributed by atoms with Gasteiger partial charge in [-0.2, -0.15) is 0 Å². The van der Waals surface area contributed by atoms with Gasteiger partial charge in [0.15, 0.2) is 0 Å². The van der Waals surface area contributed by atoms with Gasteiger partial charge in [0.2, 0.25) is 0 Å². The van der Waals surface area contributed by atoms with Gasteiger partial charge < -0.3 is 10.1 Å². The Bertz CT molecular complexity index is 476. The molecule has 1 saturated carbocycles. The number of carbonyl (C=O) groups excluding carboxylic acids is 1. The Labute approximate surface area is 129 Å². The van der Waals surface area contributed by atoms with Gasteiger partial charge in [0.1, 0.15) is 0 Å². The summed E-state index contributed by atoms with van der Waals surface area (Å²) in [5.41, 5.74) is 2.36. The zero-order valence-corrected chi connectivity index (χ0v) is 13.7. The summed E-state index contributed by atoms with van der Waals surface area (Å²) in [6.45, 7) is 4.43. The molecule has 1 aliphatic rings. The number of rotatable bonds is 4. The number of hydrogen-bond acceptors (Lipinski definition) is 3. The molecule has 1 aliphatic carbocycles. The van der Waals surface area contributed by atoms with E-state index in [-0.39, 0.29) is 11.9 Å². The Hall–Kier alpha value is -1.03. The lowest BCUT2D eigenvalue weighted by Crippen LogP contribution is -2.32. The number of halogens is 1. The maximum atomic E-state index is 11.9. The van der Waals surface area contributed by atoms with E-state index in [1.807, 2.05) is 19.1 Å². The smallest absolute Gasteiger partial charge is 0.308 e. The number of carbonyl (C=O) groups is 1. The van der Waals surface area contributed by atoms with Gasteiger partial charge in [0.25, 0.3) is 0 Å². The van der Waals surface area contributed by atoms with Crippen molar-refractivity contribution >= 4 is 27.6 Å². The van der Waals surface area contributed by atoms with Crippen molar-refractivity contribution in [3.05, 3.63) is 28.2 Å². The number of hydrogen-bond donors (Lipinski definition) is 1. The maximum absolute atomic E-state index is 11.9. The first-order valence-corrected chi connectivity index (χ1v) is 8.09. The molecule has 0 heterocycles. The van der Waals surface area contributed by atoms with E-state index in [9.17, 15) is 4.79 Å². The van der Waals surface area contributed by atoms with Crippen molar-refractivity contribution < 1.29 is 9.53 Å². The van der Waals surface area contributed by atoms with Crippen molar-refractivity contribution in [3.63, 3.8) is 0 Å². The van der Waals surface area contributed by atoms with Crippen molar-refractivity contribution in [1.29, 1.82) is 0 Å². The third kappa shape index (κ3) is 3.75. The van der Waals surface area contributed by atoms with Gasteiger partial charge in [0.05, 0.1) is 12.5 Å². The summed E-state index contributed by atoms with van der Waals surface area (Å²) < 4.78 is 6.26. The normalized spacial score (nSPS) is 22.4. The van der Waals surface area contributed by atoms with E-state index in [1.165, 1.54) is 5.56 Å². The molecule has 2 unspecified atom stereocenters. The molecule has 3 nitrogen and oxygen atoms in total. The predicted molar refractivity (Wildman–Crippen MR) is 84.9 cm³/mol. The highest BCUT2D eigenvalue weighted by Crippen LogP contribution is 2.30. The van der Waals surface area contributed by atoms with Crippen LogP contribution in [0.3, 0.4) is 0 Å². The third-order valence-corrected chi connectivity index (χ3v) is 4.78. The number of anilines is 1. The zero-order chi connectivity index (χ0) is 14.5. The van der Waals surface area contributed by atoms with Crippen LogP contribution in [0.25, 0.3) is 0 Å². The van der Waals surface area contributed by atoms with Crippen LogP contribution in [0.5, 0.6) is 0 Å². The Balaban J connectivity index is 1.99. The van der Waals surface area contributed by atoms with Gasteiger partial charge in [-0.05, 0) is 50.8 Å². The quantitative estimate of drug-likeness (QED) is 0.831. The first-order chi connectivity index (χ1) is 9.61. The molecule has 1 N–H and O–H groups in total. The second-order valence-electron chi connectivity index (χ2n) is 5.37. The molecule has 0 spiro atoms. The van der Waals surface area contributed by atoms with E-state index >= 15 is 0 Å². The molecule has 0 radical (unpaired) electrons. The van der Waals surface area contributed by atoms with Gasteiger partial charge in [-0.25, -0.2) is 0 Å². The molecule has 0 aromatic heterocycles. The minimum atomic E-state index is -0.0371. The van der Waals surface area contributed by atoms with Gasteiger partial charge in [0, 0.05) is 16.2 Å². The van der Waals surface area contributed by atoms with E-state index in [2.05, 4.69) is 34.2 Å². The second-order valence-corrected chi connectivity index (χ2v) is 6.22. The van der Waals surface area contributed by atoms with Crippen molar-refractivity contribution in [2.75, 3.05) is 11.9 Å². The Morgan fingerprint density at radius 2 is 2.25 bits per heavy atom. The summed E-state index contributed by atoms with van der Waals surface area (Å²) in [5, 5.41) is 3.58. The molecule has 0 bridgehead atoms. The number of nitrogens with one attached hydrogen (secondary N) is 1. The third-order valence-electron chi connectivity index (χ3n) is 3.92. The highest BCUT2D eigenvalue weighted by atomic mass is 79.9. The van der Waals surface area contributed by atoms with E-state index in [0.29, 0.717) is 12.6 Å². The lowest BCUT2D eigenvalue weighted by Gasteiger charge is -2.29. The molecule has 0 aliphatic heterocycles. The monoisotopic (exact) mass is 339 g/mol. The second kappa shape index (κ2) is 7.11. The minimum Gasteiger partial charge on any atom is -0.466 e. The van der Waals surface area contributed by atoms with Crippen molar-refractivity contribution in [1.82, 2.24) is 0 Å². The minimum absolute atomic E-state index is 0.0371. The van der Waals surface area contributed by atoms with Gasteiger partial charge in [-0.3, -0.25) is 4.79 Å². The van der Waals surface area contributed by atoms with Crippen LogP contribution in [0.2, 0.25) is 0 Å². The summed E-state index contributed by atoms with van der Waals surface area (Å²) in [6.07, 6.45) is 4.01. The summed E-state index contributed by atoms with van der Waals surface area (Å²) >= 11 is 3.55. The fourth-order valence-electron chi connectivity index (χ4n) is 2.78. The first kappa shape index (κ1) is 15.4. The number of esters is 1. The molecule has 2 rings (SSSR count). The average Bonchev–Trinajstić information content (AvgIpc) is 2.44. The molecular formula is C16H22BrNO2. The summed E-state index contributed by atoms with van der Waals surface area (Å²) in [7, 11) is 0. The van der Waals surface area contributed by atoms with Crippen molar-refractivity contribution in [2.45, 2.75) is 45.6 Å². The van der Waals surface area contributed by atoms with Crippen LogP contribution in [0.4, 0.5) is 5.69 Å². The Morgan fingerprint density at radius 1 is 1.45 bits per heavy atom. The summed E-state index contributed by atoms with van der Waals surface area (Å²) in [5.74, 6) is 0.0126. The van der Waals surface area contributed by atoms with Gasteiger partial charge >= 0.3 is 5.97 Å². The van der Waals surface area contributed by atoms with Crippen LogP contribution in [-0.4, -0.2) is 18.6 Å². The van der Waals surface area contributed by atoms with Gasteiger partial charge in [-0.15, -0.1) is 0 Å². The highest BCUT2D eigenvalue weighted by molar-refractivity contribution is 9.10. The van der Waals surface area contributed by atoms with E-state index < -0.39 is 0 Å². The number of ether oxygens (including phenoxy) is 1. The van der Waals surface area contributed by atoms with E-state index in [1.54, 1.807) is 0 Å². The summed E-state index contributed by atoms with van der Waals surface area (Å²) in [6, 6.07) is 6.52. The molecule has 110 valence electrons. The number of benzene rings is 1. The average molecular weight is 340 g/mol. The standard InChI is InChI=1S/C16H22BrNO2/c1-3-20-16(19)12-6-4-7-13(10-12)18-15-9-5-8-14(17)11(15)2/h5,8-9,12-13,18H,3-4,6-7,10H2,1-2H3. The molecule has 4 heteroatoms. The van der Waals surface area contributed by atoms with E-state index in [4.69, 9.17) is 4.74 Å². The Morgan fingerprint density at radius 3 is 3.00 bits per heavy atom. The molecule has 0 amide bonds. The van der Waals surface area contributed by atoms with Crippen LogP contribution in [-0.2, 0) is 9.53 Å². The van der Waals surface area contributed by atoms with Crippen LogP contribution >= 0.6 is 15.9 Å². The predicted octanol–water partition coefficient (Wildman–Crippen LogP) is 4.29. The molecule has 1 aromatic carbocycles. The van der Waals surface area contributed by atoms with Gasteiger partial charge in [-0.1, -0.05) is 28.4 Å². The van der Waals surface area contributed by atoms with Crippen LogP contribution in [0.15, 0.2) is 22.7 Å². The first-order valence-electron chi connectivity index (χ1n) is 7.30. The van der Waals surface area contributed by atoms with Crippen LogP contribution in [0, 0.1) is 12.8 Å². The van der Waals surface area contributed by atoms with Crippen molar-refractivity contribution in [2.24, 2.45) is 5.92 Å². The lowest BCUT2D eigenvalue weighted by atomic mass is 9.85. The molecule has 2 atom stereocenters. The molecule has 0 saturated heterocycles. The molecular weight excluding hydrogens is 318 g/mol. The molecule has 20 heavy (non-hydrogen) atoms. The lowest BCUT2D eigenvalue weighted by molar-refractivity contribution is -0.149. The fourth-order valence-corrected chi connectivity index (χ4v) is 3.15.